The maximum atomic E-state index is 12.5. The van der Waals surface area contributed by atoms with E-state index in [4.69, 9.17) is 4.74 Å². The molecule has 0 heterocycles. The maximum absolute atomic E-state index is 12.5. The quantitative estimate of drug-likeness (QED) is 0.723. The minimum atomic E-state index is -0.450. The number of ketones is 1. The summed E-state index contributed by atoms with van der Waals surface area (Å²) < 4.78 is 6.75. The fraction of sp³-hybridized carbons (Fsp3) is 0.278. The molecule has 0 aromatic heterocycles. The molecule has 2 rings (SSSR count). The monoisotopic (exact) mass is 346 g/mol. The molecule has 0 spiro atoms. The Morgan fingerprint density at radius 1 is 1.14 bits per heavy atom. The first-order valence-electron chi connectivity index (χ1n) is 6.95. The molecule has 3 heteroatoms. The largest absolute Gasteiger partial charge is 0.366 e. The van der Waals surface area contributed by atoms with Crippen LogP contribution in [0.15, 0.2) is 46.9 Å². The topological polar surface area (TPSA) is 26.3 Å². The van der Waals surface area contributed by atoms with Gasteiger partial charge in [-0.1, -0.05) is 45.8 Å². The number of halogens is 1. The lowest BCUT2D eigenvalue weighted by Crippen LogP contribution is -2.21. The lowest BCUT2D eigenvalue weighted by Gasteiger charge is -2.14. The van der Waals surface area contributed by atoms with Crippen molar-refractivity contribution in [1.29, 1.82) is 0 Å². The van der Waals surface area contributed by atoms with Gasteiger partial charge in [0.15, 0.2) is 5.78 Å². The van der Waals surface area contributed by atoms with Crippen molar-refractivity contribution in [3.63, 3.8) is 0 Å². The van der Waals surface area contributed by atoms with Crippen molar-refractivity contribution in [2.24, 2.45) is 0 Å². The first-order valence-corrected chi connectivity index (χ1v) is 7.74. The van der Waals surface area contributed by atoms with Crippen molar-refractivity contribution in [1.82, 2.24) is 0 Å². The normalized spacial score (nSPS) is 12.2. The summed E-state index contributed by atoms with van der Waals surface area (Å²) in [4.78, 5) is 12.5. The maximum Gasteiger partial charge on any atom is 0.191 e. The Labute approximate surface area is 134 Å². The average Bonchev–Trinajstić information content (AvgIpc) is 2.48. The lowest BCUT2D eigenvalue weighted by atomic mass is 9.99. The number of benzene rings is 2. The summed E-state index contributed by atoms with van der Waals surface area (Å²) in [6.45, 7) is 6.19. The third-order valence-electron chi connectivity index (χ3n) is 3.44. The van der Waals surface area contributed by atoms with Gasteiger partial charge < -0.3 is 4.74 Å². The molecule has 0 bridgehead atoms. The lowest BCUT2D eigenvalue weighted by molar-refractivity contribution is 0.0411. The van der Waals surface area contributed by atoms with Gasteiger partial charge in [-0.3, -0.25) is 4.79 Å². The molecule has 0 N–H and O–H groups in total. The van der Waals surface area contributed by atoms with Crippen molar-refractivity contribution in [2.45, 2.75) is 33.5 Å². The fourth-order valence-corrected chi connectivity index (χ4v) is 2.36. The minimum absolute atomic E-state index is 0.0355. The van der Waals surface area contributed by atoms with Crippen LogP contribution in [0, 0.1) is 13.8 Å². The summed E-state index contributed by atoms with van der Waals surface area (Å²) in [6.07, 6.45) is -0.450. The Morgan fingerprint density at radius 2 is 1.81 bits per heavy atom. The molecule has 0 fully saturated rings. The summed E-state index contributed by atoms with van der Waals surface area (Å²) in [5.41, 5.74) is 3.88. The number of hydrogen-bond donors (Lipinski definition) is 0. The van der Waals surface area contributed by atoms with Gasteiger partial charge in [0.1, 0.15) is 6.10 Å². The van der Waals surface area contributed by atoms with Gasteiger partial charge in [-0.2, -0.15) is 0 Å². The molecule has 1 unspecified atom stereocenters. The van der Waals surface area contributed by atoms with E-state index in [1.807, 2.05) is 63.2 Å². The molecule has 0 saturated carbocycles. The van der Waals surface area contributed by atoms with Gasteiger partial charge in [-0.15, -0.1) is 0 Å². The van der Waals surface area contributed by atoms with Gasteiger partial charge in [-0.25, -0.2) is 0 Å². The Morgan fingerprint density at radius 3 is 2.48 bits per heavy atom. The highest BCUT2D eigenvalue weighted by atomic mass is 79.9. The number of hydrogen-bond acceptors (Lipinski definition) is 2. The highest BCUT2D eigenvalue weighted by Crippen LogP contribution is 2.16. The van der Waals surface area contributed by atoms with Crippen molar-refractivity contribution in [3.05, 3.63) is 69.2 Å². The number of aryl methyl sites for hydroxylation is 2. The molecule has 0 saturated heterocycles. The van der Waals surface area contributed by atoms with E-state index in [0.29, 0.717) is 6.61 Å². The third-order valence-corrected chi connectivity index (χ3v) is 3.97. The van der Waals surface area contributed by atoms with E-state index >= 15 is 0 Å². The van der Waals surface area contributed by atoms with E-state index < -0.39 is 6.10 Å². The van der Waals surface area contributed by atoms with Crippen molar-refractivity contribution < 1.29 is 9.53 Å². The minimum Gasteiger partial charge on any atom is -0.366 e. The first kappa shape index (κ1) is 15.9. The van der Waals surface area contributed by atoms with Crippen LogP contribution in [0.2, 0.25) is 0 Å². The van der Waals surface area contributed by atoms with Crippen LogP contribution in [0.4, 0.5) is 0 Å². The number of carbonyl (C=O) groups excluding carboxylic acids is 1. The van der Waals surface area contributed by atoms with E-state index in [0.717, 1.165) is 26.7 Å². The zero-order valence-electron chi connectivity index (χ0n) is 12.5. The SMILES string of the molecule is Cc1ccc(C)c(C(=O)C(C)OCc2ccc(Br)cc2)c1. The highest BCUT2D eigenvalue weighted by Gasteiger charge is 2.17. The molecule has 1 atom stereocenters. The number of ether oxygens (including phenoxy) is 1. The predicted molar refractivity (Wildman–Crippen MR) is 88.6 cm³/mol. The predicted octanol–water partition coefficient (Wildman–Crippen LogP) is 4.85. The zero-order valence-corrected chi connectivity index (χ0v) is 14.1. The molecule has 0 aliphatic rings. The summed E-state index contributed by atoms with van der Waals surface area (Å²) in [7, 11) is 0. The summed E-state index contributed by atoms with van der Waals surface area (Å²) in [6, 6.07) is 13.8. The van der Waals surface area contributed by atoms with Crippen LogP contribution in [-0.2, 0) is 11.3 Å². The molecular formula is C18H19BrO2. The van der Waals surface area contributed by atoms with Gasteiger partial charge in [0.2, 0.25) is 0 Å². The Kier molecular flexibility index (Phi) is 5.32. The Bertz CT molecular complexity index is 632. The van der Waals surface area contributed by atoms with Crippen LogP contribution in [0.1, 0.15) is 34.0 Å². The van der Waals surface area contributed by atoms with Gasteiger partial charge >= 0.3 is 0 Å². The van der Waals surface area contributed by atoms with E-state index in [2.05, 4.69) is 15.9 Å². The summed E-state index contributed by atoms with van der Waals surface area (Å²) in [5.74, 6) is 0.0355. The van der Waals surface area contributed by atoms with Gasteiger partial charge in [0, 0.05) is 10.0 Å². The Hall–Kier alpha value is -1.45. The van der Waals surface area contributed by atoms with Crippen LogP contribution >= 0.6 is 15.9 Å². The molecule has 0 radical (unpaired) electrons. The van der Waals surface area contributed by atoms with Gasteiger partial charge in [-0.05, 0) is 50.1 Å². The molecule has 2 nitrogen and oxygen atoms in total. The van der Waals surface area contributed by atoms with E-state index in [-0.39, 0.29) is 5.78 Å². The second kappa shape index (κ2) is 7.01. The van der Waals surface area contributed by atoms with Gasteiger partial charge in [0.05, 0.1) is 6.61 Å². The zero-order chi connectivity index (χ0) is 15.4. The van der Waals surface area contributed by atoms with Crippen LogP contribution in [0.3, 0.4) is 0 Å². The second-order valence-corrected chi connectivity index (χ2v) is 6.18. The van der Waals surface area contributed by atoms with Crippen LogP contribution < -0.4 is 0 Å². The van der Waals surface area contributed by atoms with E-state index in [9.17, 15) is 4.79 Å². The Balaban J connectivity index is 2.02. The molecule has 110 valence electrons. The average molecular weight is 347 g/mol. The summed E-state index contributed by atoms with van der Waals surface area (Å²) >= 11 is 3.40. The number of rotatable bonds is 5. The molecule has 0 amide bonds. The van der Waals surface area contributed by atoms with Crippen molar-refractivity contribution in [3.8, 4) is 0 Å². The van der Waals surface area contributed by atoms with Crippen LogP contribution in [0.25, 0.3) is 0 Å². The molecular weight excluding hydrogens is 328 g/mol. The second-order valence-electron chi connectivity index (χ2n) is 5.26. The van der Waals surface area contributed by atoms with E-state index in [1.54, 1.807) is 0 Å². The third kappa shape index (κ3) is 4.26. The number of carbonyl (C=O) groups is 1. The molecule has 0 aliphatic heterocycles. The first-order chi connectivity index (χ1) is 9.97. The van der Waals surface area contributed by atoms with Crippen molar-refractivity contribution >= 4 is 21.7 Å². The number of Topliss-reactive ketones (excluding diaryl/α,β-unsaturated/α-hetero) is 1. The standard InChI is InChI=1S/C18H19BrO2/c1-12-4-5-13(2)17(10-12)18(20)14(3)21-11-15-6-8-16(19)9-7-15/h4-10,14H,11H2,1-3H3. The molecule has 2 aromatic carbocycles. The summed E-state index contributed by atoms with van der Waals surface area (Å²) in [5, 5.41) is 0. The molecule has 2 aromatic rings. The fourth-order valence-electron chi connectivity index (χ4n) is 2.10. The van der Waals surface area contributed by atoms with Crippen LogP contribution in [-0.4, -0.2) is 11.9 Å². The molecule has 21 heavy (non-hydrogen) atoms. The molecule has 0 aliphatic carbocycles. The van der Waals surface area contributed by atoms with Crippen LogP contribution in [0.5, 0.6) is 0 Å². The van der Waals surface area contributed by atoms with E-state index in [1.165, 1.54) is 0 Å². The highest BCUT2D eigenvalue weighted by molar-refractivity contribution is 9.10. The van der Waals surface area contributed by atoms with Crippen molar-refractivity contribution in [2.75, 3.05) is 0 Å². The van der Waals surface area contributed by atoms with Gasteiger partial charge in [0.25, 0.3) is 0 Å². The smallest absolute Gasteiger partial charge is 0.191 e.